The van der Waals surface area contributed by atoms with Gasteiger partial charge < -0.3 is 10.6 Å². The predicted molar refractivity (Wildman–Crippen MR) is 66.9 cm³/mol. The minimum atomic E-state index is 0.410. The SMILES string of the molecule is CCCN1CCC(CC(N)C(C)C)CC1. The summed E-state index contributed by atoms with van der Waals surface area (Å²) in [5, 5.41) is 0. The molecule has 0 aliphatic carbocycles. The van der Waals surface area contributed by atoms with Gasteiger partial charge in [-0.1, -0.05) is 20.8 Å². The summed E-state index contributed by atoms with van der Waals surface area (Å²) in [6.45, 7) is 10.6. The molecule has 1 rings (SSSR count). The van der Waals surface area contributed by atoms with Gasteiger partial charge in [0.15, 0.2) is 0 Å². The second kappa shape index (κ2) is 6.49. The quantitative estimate of drug-likeness (QED) is 0.758. The van der Waals surface area contributed by atoms with Gasteiger partial charge in [0.2, 0.25) is 0 Å². The predicted octanol–water partition coefficient (Wildman–Crippen LogP) is 2.48. The van der Waals surface area contributed by atoms with Crippen LogP contribution >= 0.6 is 0 Å². The lowest BCUT2D eigenvalue weighted by molar-refractivity contribution is 0.170. The molecule has 0 spiro atoms. The van der Waals surface area contributed by atoms with E-state index >= 15 is 0 Å². The first kappa shape index (κ1) is 13.0. The number of hydrogen-bond acceptors (Lipinski definition) is 2. The Morgan fingerprint density at radius 3 is 2.33 bits per heavy atom. The average molecular weight is 212 g/mol. The van der Waals surface area contributed by atoms with Crippen molar-refractivity contribution in [3.63, 3.8) is 0 Å². The molecule has 0 saturated carbocycles. The van der Waals surface area contributed by atoms with Crippen molar-refractivity contribution < 1.29 is 0 Å². The second-order valence-corrected chi connectivity index (χ2v) is 5.43. The Bertz CT molecular complexity index is 160. The zero-order chi connectivity index (χ0) is 11.3. The van der Waals surface area contributed by atoms with Crippen molar-refractivity contribution in [1.29, 1.82) is 0 Å². The normalized spacial score (nSPS) is 22.2. The van der Waals surface area contributed by atoms with Crippen LogP contribution in [0.15, 0.2) is 0 Å². The molecule has 90 valence electrons. The van der Waals surface area contributed by atoms with Gasteiger partial charge >= 0.3 is 0 Å². The van der Waals surface area contributed by atoms with Crippen molar-refractivity contribution in [2.75, 3.05) is 19.6 Å². The van der Waals surface area contributed by atoms with Crippen molar-refractivity contribution in [1.82, 2.24) is 4.90 Å². The van der Waals surface area contributed by atoms with Crippen molar-refractivity contribution in [3.8, 4) is 0 Å². The monoisotopic (exact) mass is 212 g/mol. The third-order valence-corrected chi connectivity index (χ3v) is 3.71. The highest BCUT2D eigenvalue weighted by atomic mass is 15.1. The van der Waals surface area contributed by atoms with Gasteiger partial charge in [0.25, 0.3) is 0 Å². The number of piperidine rings is 1. The summed E-state index contributed by atoms with van der Waals surface area (Å²) in [5.41, 5.74) is 6.13. The summed E-state index contributed by atoms with van der Waals surface area (Å²) in [6, 6.07) is 0.410. The van der Waals surface area contributed by atoms with E-state index in [2.05, 4.69) is 25.7 Å². The lowest BCUT2D eigenvalue weighted by Crippen LogP contribution is -2.37. The molecule has 0 radical (unpaired) electrons. The van der Waals surface area contributed by atoms with Crippen LogP contribution in [0, 0.1) is 11.8 Å². The van der Waals surface area contributed by atoms with Crippen molar-refractivity contribution >= 4 is 0 Å². The topological polar surface area (TPSA) is 29.3 Å². The maximum atomic E-state index is 6.13. The summed E-state index contributed by atoms with van der Waals surface area (Å²) in [6.07, 6.45) is 5.24. The molecule has 0 aromatic heterocycles. The van der Waals surface area contributed by atoms with E-state index in [1.54, 1.807) is 0 Å². The first-order chi connectivity index (χ1) is 7.13. The number of likely N-dealkylation sites (tertiary alicyclic amines) is 1. The molecular formula is C13H28N2. The molecule has 2 heteroatoms. The standard InChI is InChI=1S/C13H28N2/c1-4-7-15-8-5-12(6-9-15)10-13(14)11(2)3/h11-13H,4-10,14H2,1-3H3. The van der Waals surface area contributed by atoms with Gasteiger partial charge in [0.05, 0.1) is 0 Å². The van der Waals surface area contributed by atoms with Crippen molar-refractivity contribution in [3.05, 3.63) is 0 Å². The van der Waals surface area contributed by atoms with Crippen LogP contribution in [-0.4, -0.2) is 30.6 Å². The maximum absolute atomic E-state index is 6.13. The minimum absolute atomic E-state index is 0.410. The Labute approximate surface area is 95.2 Å². The molecule has 0 bridgehead atoms. The summed E-state index contributed by atoms with van der Waals surface area (Å²) < 4.78 is 0. The van der Waals surface area contributed by atoms with E-state index in [-0.39, 0.29) is 0 Å². The molecule has 1 fully saturated rings. The van der Waals surface area contributed by atoms with E-state index in [1.165, 1.54) is 45.3 Å². The lowest BCUT2D eigenvalue weighted by Gasteiger charge is -2.33. The molecule has 0 aromatic carbocycles. The Kier molecular flexibility index (Phi) is 5.62. The van der Waals surface area contributed by atoms with Gasteiger partial charge in [-0.05, 0) is 57.2 Å². The molecule has 15 heavy (non-hydrogen) atoms. The summed E-state index contributed by atoms with van der Waals surface area (Å²) in [4.78, 5) is 2.59. The first-order valence-electron chi connectivity index (χ1n) is 6.61. The fourth-order valence-electron chi connectivity index (χ4n) is 2.42. The molecule has 1 aliphatic rings. The van der Waals surface area contributed by atoms with Crippen LogP contribution in [0.4, 0.5) is 0 Å². The third kappa shape index (κ3) is 4.52. The lowest BCUT2D eigenvalue weighted by atomic mass is 9.87. The molecule has 0 aromatic rings. The summed E-state index contributed by atoms with van der Waals surface area (Å²) >= 11 is 0. The highest BCUT2D eigenvalue weighted by molar-refractivity contribution is 4.77. The van der Waals surface area contributed by atoms with E-state index in [0.29, 0.717) is 12.0 Å². The Hall–Kier alpha value is -0.0800. The Morgan fingerprint density at radius 2 is 1.87 bits per heavy atom. The van der Waals surface area contributed by atoms with E-state index in [4.69, 9.17) is 5.73 Å². The number of hydrogen-bond donors (Lipinski definition) is 1. The van der Waals surface area contributed by atoms with Crippen LogP contribution in [0.5, 0.6) is 0 Å². The molecule has 1 heterocycles. The fourth-order valence-corrected chi connectivity index (χ4v) is 2.42. The van der Waals surface area contributed by atoms with Crippen molar-refractivity contribution in [2.24, 2.45) is 17.6 Å². The molecular weight excluding hydrogens is 184 g/mol. The van der Waals surface area contributed by atoms with Crippen LogP contribution < -0.4 is 5.73 Å². The summed E-state index contributed by atoms with van der Waals surface area (Å²) in [7, 11) is 0. The van der Waals surface area contributed by atoms with Gasteiger partial charge in [-0.25, -0.2) is 0 Å². The largest absolute Gasteiger partial charge is 0.327 e. The molecule has 1 atom stereocenters. The molecule has 1 saturated heterocycles. The van der Waals surface area contributed by atoms with Crippen LogP contribution in [0.25, 0.3) is 0 Å². The van der Waals surface area contributed by atoms with Crippen LogP contribution in [-0.2, 0) is 0 Å². The third-order valence-electron chi connectivity index (χ3n) is 3.71. The molecule has 1 unspecified atom stereocenters. The van der Waals surface area contributed by atoms with E-state index in [1.807, 2.05) is 0 Å². The van der Waals surface area contributed by atoms with Gasteiger partial charge in [-0.15, -0.1) is 0 Å². The zero-order valence-electron chi connectivity index (χ0n) is 10.7. The Balaban J connectivity index is 2.19. The van der Waals surface area contributed by atoms with Gasteiger partial charge in [-0.3, -0.25) is 0 Å². The highest BCUT2D eigenvalue weighted by Crippen LogP contribution is 2.23. The van der Waals surface area contributed by atoms with E-state index in [0.717, 1.165) is 5.92 Å². The van der Waals surface area contributed by atoms with Crippen LogP contribution in [0.2, 0.25) is 0 Å². The van der Waals surface area contributed by atoms with E-state index in [9.17, 15) is 0 Å². The van der Waals surface area contributed by atoms with Crippen LogP contribution in [0.1, 0.15) is 46.5 Å². The molecule has 2 N–H and O–H groups in total. The average Bonchev–Trinajstić information content (AvgIpc) is 2.21. The molecule has 1 aliphatic heterocycles. The van der Waals surface area contributed by atoms with Gasteiger partial charge in [0.1, 0.15) is 0 Å². The Morgan fingerprint density at radius 1 is 1.27 bits per heavy atom. The first-order valence-corrected chi connectivity index (χ1v) is 6.61. The number of nitrogens with zero attached hydrogens (tertiary/aromatic N) is 1. The highest BCUT2D eigenvalue weighted by Gasteiger charge is 2.21. The minimum Gasteiger partial charge on any atom is -0.327 e. The van der Waals surface area contributed by atoms with Gasteiger partial charge in [-0.2, -0.15) is 0 Å². The summed E-state index contributed by atoms with van der Waals surface area (Å²) in [5.74, 6) is 1.52. The number of rotatable bonds is 5. The van der Waals surface area contributed by atoms with Crippen LogP contribution in [0.3, 0.4) is 0 Å². The second-order valence-electron chi connectivity index (χ2n) is 5.43. The van der Waals surface area contributed by atoms with E-state index < -0.39 is 0 Å². The molecule has 0 amide bonds. The van der Waals surface area contributed by atoms with Crippen molar-refractivity contribution in [2.45, 2.75) is 52.5 Å². The fraction of sp³-hybridized carbons (Fsp3) is 1.00. The molecule has 2 nitrogen and oxygen atoms in total. The van der Waals surface area contributed by atoms with Gasteiger partial charge in [0, 0.05) is 6.04 Å². The zero-order valence-corrected chi connectivity index (χ0v) is 10.7. The number of nitrogens with two attached hydrogens (primary N) is 1. The smallest absolute Gasteiger partial charge is 0.00645 e. The maximum Gasteiger partial charge on any atom is 0.00645 e.